The van der Waals surface area contributed by atoms with Crippen LogP contribution in [0.4, 0.5) is 5.69 Å². The molecule has 6 heteroatoms. The van der Waals surface area contributed by atoms with Gasteiger partial charge in [-0.3, -0.25) is 0 Å². The van der Waals surface area contributed by atoms with Gasteiger partial charge < -0.3 is 9.73 Å². The summed E-state index contributed by atoms with van der Waals surface area (Å²) < 4.78 is 27.3. The second-order valence-electron chi connectivity index (χ2n) is 3.39. The zero-order valence-electron chi connectivity index (χ0n) is 8.73. The third-order valence-electron chi connectivity index (χ3n) is 2.16. The summed E-state index contributed by atoms with van der Waals surface area (Å²) in [5, 5.41) is 8.60. The average molecular weight is 240 g/mol. The largest absolute Gasteiger partial charge is 0.443 e. The van der Waals surface area contributed by atoms with Crippen LogP contribution in [0.25, 0.3) is 11.0 Å². The number of nitrogens with one attached hydrogen (secondary N) is 1. The molecule has 1 heterocycles. The van der Waals surface area contributed by atoms with Crippen molar-refractivity contribution in [3.8, 4) is 0 Å². The van der Waals surface area contributed by atoms with Crippen LogP contribution in [0, 0.1) is 0 Å². The molecule has 5 nitrogen and oxygen atoms in total. The number of nitrogens with two attached hydrogens (primary N) is 1. The minimum Gasteiger partial charge on any atom is -0.443 e. The van der Waals surface area contributed by atoms with E-state index in [1.165, 1.54) is 6.07 Å². The number of primary sulfonamides is 1. The third-order valence-corrected chi connectivity index (χ3v) is 2.92. The Labute approximate surface area is 93.3 Å². The standard InChI is InChI=1S/C10H12N2O3S/c1-2-12-8-3-4-9-7(5-8)6-10(15-9)16(11,13)14/h3-6,12H,2H2,1H3,(H2,11,13,14). The Morgan fingerprint density at radius 1 is 1.38 bits per heavy atom. The van der Waals surface area contributed by atoms with Crippen molar-refractivity contribution in [3.05, 3.63) is 24.3 Å². The summed E-state index contributed by atoms with van der Waals surface area (Å²) in [6, 6.07) is 6.77. The highest BCUT2D eigenvalue weighted by atomic mass is 32.2. The zero-order chi connectivity index (χ0) is 11.8. The van der Waals surface area contributed by atoms with Gasteiger partial charge in [-0.25, -0.2) is 13.6 Å². The highest BCUT2D eigenvalue weighted by Crippen LogP contribution is 2.24. The predicted octanol–water partition coefficient (Wildman–Crippen LogP) is 1.51. The Hall–Kier alpha value is -1.53. The highest BCUT2D eigenvalue weighted by molar-refractivity contribution is 7.89. The van der Waals surface area contributed by atoms with Crippen molar-refractivity contribution in [1.29, 1.82) is 0 Å². The number of rotatable bonds is 3. The zero-order valence-corrected chi connectivity index (χ0v) is 9.54. The normalized spacial score (nSPS) is 11.9. The van der Waals surface area contributed by atoms with Crippen LogP contribution in [-0.2, 0) is 10.0 Å². The van der Waals surface area contributed by atoms with Gasteiger partial charge in [0.05, 0.1) is 0 Å². The van der Waals surface area contributed by atoms with Crippen LogP contribution >= 0.6 is 0 Å². The smallest absolute Gasteiger partial charge is 0.271 e. The maximum Gasteiger partial charge on any atom is 0.271 e. The fraction of sp³-hybridized carbons (Fsp3) is 0.200. The first-order valence-electron chi connectivity index (χ1n) is 4.81. The van der Waals surface area contributed by atoms with Crippen LogP contribution in [0.15, 0.2) is 33.8 Å². The monoisotopic (exact) mass is 240 g/mol. The van der Waals surface area contributed by atoms with E-state index >= 15 is 0 Å². The van der Waals surface area contributed by atoms with Crippen LogP contribution in [0.3, 0.4) is 0 Å². The lowest BCUT2D eigenvalue weighted by molar-refractivity contribution is 0.482. The number of hydrogen-bond acceptors (Lipinski definition) is 4. The third kappa shape index (κ3) is 2.02. The van der Waals surface area contributed by atoms with Crippen molar-refractivity contribution in [2.24, 2.45) is 5.14 Å². The molecule has 0 saturated carbocycles. The lowest BCUT2D eigenvalue weighted by Crippen LogP contribution is -2.10. The summed E-state index contributed by atoms with van der Waals surface area (Å²) in [5.74, 6) is 0. The van der Waals surface area contributed by atoms with Gasteiger partial charge in [0.15, 0.2) is 0 Å². The van der Waals surface area contributed by atoms with E-state index in [0.717, 1.165) is 12.2 Å². The maximum atomic E-state index is 11.1. The molecule has 86 valence electrons. The van der Waals surface area contributed by atoms with Gasteiger partial charge in [0.25, 0.3) is 10.0 Å². The Bertz CT molecular complexity index is 616. The number of hydrogen-bond donors (Lipinski definition) is 2. The molecular formula is C10H12N2O3S. The van der Waals surface area contributed by atoms with Gasteiger partial charge in [-0.1, -0.05) is 0 Å². The van der Waals surface area contributed by atoms with Crippen LogP contribution in [-0.4, -0.2) is 15.0 Å². The van der Waals surface area contributed by atoms with E-state index in [1.54, 1.807) is 6.07 Å². The molecule has 3 N–H and O–H groups in total. The van der Waals surface area contributed by atoms with Crippen molar-refractivity contribution in [2.45, 2.75) is 12.0 Å². The Morgan fingerprint density at radius 3 is 2.75 bits per heavy atom. The Morgan fingerprint density at radius 2 is 2.12 bits per heavy atom. The van der Waals surface area contributed by atoms with Crippen molar-refractivity contribution < 1.29 is 12.8 Å². The van der Waals surface area contributed by atoms with Crippen LogP contribution in [0.5, 0.6) is 0 Å². The minimum atomic E-state index is -3.78. The van der Waals surface area contributed by atoms with E-state index in [1.807, 2.05) is 19.1 Å². The van der Waals surface area contributed by atoms with Gasteiger partial charge in [-0.15, -0.1) is 0 Å². The molecule has 0 radical (unpaired) electrons. The summed E-state index contributed by atoms with van der Waals surface area (Å²) in [6.07, 6.45) is 0. The molecule has 1 aromatic carbocycles. The summed E-state index contributed by atoms with van der Waals surface area (Å²) in [6.45, 7) is 2.78. The molecule has 1 aromatic heterocycles. The molecule has 0 unspecified atom stereocenters. The molecule has 0 amide bonds. The molecule has 2 aromatic rings. The number of furan rings is 1. The van der Waals surface area contributed by atoms with Crippen molar-refractivity contribution in [2.75, 3.05) is 11.9 Å². The van der Waals surface area contributed by atoms with Crippen LogP contribution < -0.4 is 10.5 Å². The van der Waals surface area contributed by atoms with E-state index in [-0.39, 0.29) is 5.09 Å². The fourth-order valence-corrected chi connectivity index (χ4v) is 1.97. The van der Waals surface area contributed by atoms with E-state index in [9.17, 15) is 8.42 Å². The lowest BCUT2D eigenvalue weighted by Gasteiger charge is -2.00. The second kappa shape index (κ2) is 3.80. The topological polar surface area (TPSA) is 85.3 Å². The molecule has 16 heavy (non-hydrogen) atoms. The quantitative estimate of drug-likeness (QED) is 0.851. The molecule has 0 aliphatic carbocycles. The predicted molar refractivity (Wildman–Crippen MR) is 61.8 cm³/mol. The lowest BCUT2D eigenvalue weighted by atomic mass is 10.2. The van der Waals surface area contributed by atoms with E-state index in [0.29, 0.717) is 11.0 Å². The molecule has 2 rings (SSSR count). The van der Waals surface area contributed by atoms with Crippen molar-refractivity contribution >= 4 is 26.7 Å². The Balaban J connectivity index is 2.54. The van der Waals surface area contributed by atoms with Gasteiger partial charge in [-0.05, 0) is 25.1 Å². The molecule has 0 aliphatic rings. The average Bonchev–Trinajstić information content (AvgIpc) is 2.60. The minimum absolute atomic E-state index is 0.212. The fourth-order valence-electron chi connectivity index (χ4n) is 1.47. The molecular weight excluding hydrogens is 228 g/mol. The van der Waals surface area contributed by atoms with Crippen molar-refractivity contribution in [1.82, 2.24) is 0 Å². The van der Waals surface area contributed by atoms with Gasteiger partial charge in [0.2, 0.25) is 5.09 Å². The molecule has 0 spiro atoms. The molecule has 0 fully saturated rings. The molecule has 0 aliphatic heterocycles. The van der Waals surface area contributed by atoms with Gasteiger partial charge in [0, 0.05) is 23.7 Å². The Kier molecular flexibility index (Phi) is 2.61. The summed E-state index contributed by atoms with van der Waals surface area (Å²) in [5.41, 5.74) is 1.42. The highest BCUT2D eigenvalue weighted by Gasteiger charge is 2.14. The molecule has 0 atom stereocenters. The van der Waals surface area contributed by atoms with Crippen molar-refractivity contribution in [3.63, 3.8) is 0 Å². The second-order valence-corrected chi connectivity index (χ2v) is 4.89. The molecule has 0 bridgehead atoms. The maximum absolute atomic E-state index is 11.1. The summed E-state index contributed by atoms with van der Waals surface area (Å²) in [4.78, 5) is 0. The van der Waals surface area contributed by atoms with Crippen LogP contribution in [0.2, 0.25) is 0 Å². The van der Waals surface area contributed by atoms with Gasteiger partial charge >= 0.3 is 0 Å². The number of anilines is 1. The first-order valence-corrected chi connectivity index (χ1v) is 6.35. The van der Waals surface area contributed by atoms with E-state index in [2.05, 4.69) is 5.32 Å². The SMILES string of the molecule is CCNc1ccc2oc(S(N)(=O)=O)cc2c1. The number of sulfonamides is 1. The molecule has 0 saturated heterocycles. The van der Waals surface area contributed by atoms with Gasteiger partial charge in [0.1, 0.15) is 5.58 Å². The van der Waals surface area contributed by atoms with Gasteiger partial charge in [-0.2, -0.15) is 0 Å². The first-order chi connectivity index (χ1) is 7.50. The van der Waals surface area contributed by atoms with E-state index < -0.39 is 10.0 Å². The summed E-state index contributed by atoms with van der Waals surface area (Å²) >= 11 is 0. The van der Waals surface area contributed by atoms with E-state index in [4.69, 9.17) is 9.56 Å². The number of benzene rings is 1. The number of fused-ring (bicyclic) bond motifs is 1. The first kappa shape index (κ1) is 11.0. The van der Waals surface area contributed by atoms with Crippen LogP contribution in [0.1, 0.15) is 6.92 Å². The summed E-state index contributed by atoms with van der Waals surface area (Å²) in [7, 11) is -3.78.